The van der Waals surface area contributed by atoms with E-state index in [0.717, 1.165) is 23.2 Å². The van der Waals surface area contributed by atoms with Crippen LogP contribution in [0.3, 0.4) is 0 Å². The van der Waals surface area contributed by atoms with Crippen molar-refractivity contribution in [3.05, 3.63) is 12.1 Å². The second-order valence-electron chi connectivity index (χ2n) is 8.27. The summed E-state index contributed by atoms with van der Waals surface area (Å²) < 4.78 is 17.4. The highest BCUT2D eigenvalue weighted by molar-refractivity contribution is 7.19. The summed E-state index contributed by atoms with van der Waals surface area (Å²) in [5.41, 5.74) is 0.841. The molecule has 0 spiro atoms. The van der Waals surface area contributed by atoms with Gasteiger partial charge in [0, 0.05) is 19.1 Å². The van der Waals surface area contributed by atoms with Crippen molar-refractivity contribution in [1.29, 1.82) is 0 Å². The van der Waals surface area contributed by atoms with Crippen LogP contribution in [0.1, 0.15) is 47.0 Å². The first-order chi connectivity index (χ1) is 13.4. The van der Waals surface area contributed by atoms with E-state index in [1.807, 2.05) is 12.1 Å². The fourth-order valence-electron chi connectivity index (χ4n) is 3.16. The third-order valence-corrected chi connectivity index (χ3v) is 5.54. The fraction of sp³-hybridized carbons (Fsp3) is 0.667. The van der Waals surface area contributed by atoms with Gasteiger partial charge in [-0.1, -0.05) is 32.1 Å². The van der Waals surface area contributed by atoms with Crippen LogP contribution in [0.2, 0.25) is 0 Å². The molecule has 1 aliphatic rings. The Kier molecular flexibility index (Phi) is 7.24. The third kappa shape index (κ3) is 6.14. The van der Waals surface area contributed by atoms with Gasteiger partial charge in [0.15, 0.2) is 4.83 Å². The number of thiazole rings is 1. The predicted molar refractivity (Wildman–Crippen MR) is 110 cm³/mol. The Morgan fingerprint density at radius 3 is 2.68 bits per heavy atom. The Bertz CT molecular complexity index is 786. The first-order valence-electron chi connectivity index (χ1n) is 10.0. The van der Waals surface area contributed by atoms with E-state index in [1.54, 1.807) is 6.92 Å². The van der Waals surface area contributed by atoms with E-state index >= 15 is 0 Å². The number of Topliss-reactive ketones (excluding diaryl/α,β-unsaturated/α-hetero) is 1. The van der Waals surface area contributed by atoms with Crippen molar-refractivity contribution in [1.82, 2.24) is 9.97 Å². The van der Waals surface area contributed by atoms with Crippen LogP contribution in [-0.4, -0.2) is 41.7 Å². The highest BCUT2D eigenvalue weighted by Gasteiger charge is 2.30. The van der Waals surface area contributed by atoms with Gasteiger partial charge in [-0.2, -0.15) is 0 Å². The van der Waals surface area contributed by atoms with Gasteiger partial charge in [-0.25, -0.2) is 9.97 Å². The number of fused-ring (bicyclic) bond motifs is 1. The summed E-state index contributed by atoms with van der Waals surface area (Å²) in [6, 6.07) is 3.80. The number of hydrogen-bond acceptors (Lipinski definition) is 7. The number of ketones is 1. The average Bonchev–Trinajstić information content (AvgIpc) is 2.99. The minimum atomic E-state index is 0.222. The van der Waals surface area contributed by atoms with Crippen LogP contribution in [0.25, 0.3) is 10.3 Å². The van der Waals surface area contributed by atoms with Crippen molar-refractivity contribution >= 4 is 27.5 Å². The summed E-state index contributed by atoms with van der Waals surface area (Å²) in [7, 11) is 0. The van der Waals surface area contributed by atoms with Crippen molar-refractivity contribution in [2.24, 2.45) is 17.8 Å². The Balaban J connectivity index is 1.39. The second-order valence-corrected chi connectivity index (χ2v) is 9.21. The maximum absolute atomic E-state index is 11.1. The minimum absolute atomic E-state index is 0.222. The van der Waals surface area contributed by atoms with Gasteiger partial charge in [-0.3, -0.25) is 0 Å². The van der Waals surface area contributed by atoms with Gasteiger partial charge in [0.05, 0.1) is 19.3 Å². The largest absolute Gasteiger partial charge is 0.477 e. The molecule has 1 aliphatic carbocycles. The number of ether oxygens (including phenoxy) is 3. The number of nitrogens with zero attached hydrogens (tertiary/aromatic N) is 2. The first kappa shape index (κ1) is 21.0. The standard InChI is InChI=1S/C21H30N2O4S/c1-13(2)10-27-21-22-18-5-6-19(23-20(18)28-21)26-12-16-8-17(9-16)25-11-14(3)7-15(4)24/h5-6,13-14,16-17H,7-12H2,1-4H3/t14-,16?,17?/m1/s1. The van der Waals surface area contributed by atoms with Crippen molar-refractivity contribution < 1.29 is 19.0 Å². The van der Waals surface area contributed by atoms with Gasteiger partial charge in [0.25, 0.3) is 5.19 Å². The molecule has 1 atom stereocenters. The molecule has 7 heteroatoms. The van der Waals surface area contributed by atoms with Crippen LogP contribution in [-0.2, 0) is 9.53 Å². The highest BCUT2D eigenvalue weighted by atomic mass is 32.1. The number of rotatable bonds is 11. The molecule has 0 radical (unpaired) electrons. The Morgan fingerprint density at radius 2 is 1.96 bits per heavy atom. The van der Waals surface area contributed by atoms with Gasteiger partial charge in [-0.15, -0.1) is 0 Å². The molecule has 1 saturated carbocycles. The summed E-state index contributed by atoms with van der Waals surface area (Å²) in [5.74, 6) is 2.10. The van der Waals surface area contributed by atoms with Crippen molar-refractivity contribution in [2.75, 3.05) is 19.8 Å². The summed E-state index contributed by atoms with van der Waals surface area (Å²) in [5, 5.41) is 0.659. The maximum Gasteiger partial charge on any atom is 0.275 e. The van der Waals surface area contributed by atoms with Crippen LogP contribution in [0.5, 0.6) is 11.1 Å². The molecule has 3 rings (SSSR count). The van der Waals surface area contributed by atoms with E-state index in [1.165, 1.54) is 11.3 Å². The molecule has 2 aromatic rings. The molecule has 0 unspecified atom stereocenters. The Labute approximate surface area is 170 Å². The highest BCUT2D eigenvalue weighted by Crippen LogP contribution is 2.32. The lowest BCUT2D eigenvalue weighted by Crippen LogP contribution is -2.36. The van der Waals surface area contributed by atoms with E-state index in [0.29, 0.717) is 55.3 Å². The summed E-state index contributed by atoms with van der Waals surface area (Å²) in [4.78, 5) is 20.9. The van der Waals surface area contributed by atoms with E-state index < -0.39 is 0 Å². The molecule has 0 amide bonds. The van der Waals surface area contributed by atoms with Gasteiger partial charge in [0.2, 0.25) is 5.88 Å². The minimum Gasteiger partial charge on any atom is -0.477 e. The van der Waals surface area contributed by atoms with Gasteiger partial charge >= 0.3 is 0 Å². The Hall–Kier alpha value is -1.73. The monoisotopic (exact) mass is 406 g/mol. The molecule has 2 heterocycles. The smallest absolute Gasteiger partial charge is 0.275 e. The number of carbonyl (C=O) groups is 1. The lowest BCUT2D eigenvalue weighted by molar-refractivity contribution is -0.119. The number of hydrogen-bond donors (Lipinski definition) is 0. The molecule has 0 N–H and O–H groups in total. The molecule has 0 aliphatic heterocycles. The van der Waals surface area contributed by atoms with Gasteiger partial charge in [0.1, 0.15) is 11.3 Å². The number of pyridine rings is 1. The van der Waals surface area contributed by atoms with E-state index in [2.05, 4.69) is 30.7 Å². The molecule has 1 fully saturated rings. The van der Waals surface area contributed by atoms with E-state index in [9.17, 15) is 4.79 Å². The predicted octanol–water partition coefficient (Wildman–Crippen LogP) is 4.52. The van der Waals surface area contributed by atoms with E-state index in [-0.39, 0.29) is 11.7 Å². The van der Waals surface area contributed by atoms with Crippen molar-refractivity contribution in [3.8, 4) is 11.1 Å². The Morgan fingerprint density at radius 1 is 1.18 bits per heavy atom. The van der Waals surface area contributed by atoms with E-state index in [4.69, 9.17) is 14.2 Å². The SMILES string of the molecule is CC(=O)C[C@@H](C)COC1CC(COc2ccc3nc(OCC(C)C)sc3n2)C1. The molecule has 2 aromatic heterocycles. The summed E-state index contributed by atoms with van der Waals surface area (Å²) in [6.07, 6.45) is 2.89. The molecule has 0 saturated heterocycles. The zero-order valence-electron chi connectivity index (χ0n) is 17.1. The molecule has 28 heavy (non-hydrogen) atoms. The van der Waals surface area contributed by atoms with Crippen molar-refractivity contribution in [3.63, 3.8) is 0 Å². The fourth-order valence-corrected chi connectivity index (χ4v) is 3.95. The lowest BCUT2D eigenvalue weighted by Gasteiger charge is -2.35. The van der Waals surface area contributed by atoms with Crippen LogP contribution in [0, 0.1) is 17.8 Å². The molecular weight excluding hydrogens is 376 g/mol. The first-order valence-corrected chi connectivity index (χ1v) is 10.8. The van der Waals surface area contributed by atoms with Gasteiger partial charge in [-0.05, 0) is 43.6 Å². The molecule has 154 valence electrons. The quantitative estimate of drug-likeness (QED) is 0.547. The van der Waals surface area contributed by atoms with Crippen LogP contribution in [0.4, 0.5) is 0 Å². The van der Waals surface area contributed by atoms with Crippen LogP contribution >= 0.6 is 11.3 Å². The lowest BCUT2D eigenvalue weighted by atomic mass is 9.83. The number of aromatic nitrogens is 2. The summed E-state index contributed by atoms with van der Waals surface area (Å²) >= 11 is 1.45. The van der Waals surface area contributed by atoms with Crippen LogP contribution < -0.4 is 9.47 Å². The second kappa shape index (κ2) is 9.65. The zero-order valence-corrected chi connectivity index (χ0v) is 18.0. The number of carbonyl (C=O) groups excluding carboxylic acids is 1. The molecule has 0 bridgehead atoms. The molecule has 6 nitrogen and oxygen atoms in total. The maximum atomic E-state index is 11.1. The summed E-state index contributed by atoms with van der Waals surface area (Å²) in [6.45, 7) is 9.87. The van der Waals surface area contributed by atoms with Crippen LogP contribution in [0.15, 0.2) is 12.1 Å². The molecule has 0 aromatic carbocycles. The normalized spacial score (nSPS) is 20.2. The van der Waals surface area contributed by atoms with Gasteiger partial charge < -0.3 is 19.0 Å². The third-order valence-electron chi connectivity index (χ3n) is 4.66. The average molecular weight is 407 g/mol. The van der Waals surface area contributed by atoms with Crippen molar-refractivity contribution in [2.45, 2.75) is 53.1 Å². The topological polar surface area (TPSA) is 70.5 Å². The molecular formula is C21H30N2O4S. The zero-order chi connectivity index (χ0) is 20.1.